The molecule has 0 aliphatic carbocycles. The monoisotopic (exact) mass is 198 g/mol. The Kier molecular flexibility index (Phi) is 1.89. The van der Waals surface area contributed by atoms with Crippen LogP contribution in [0.25, 0.3) is 5.70 Å². The van der Waals surface area contributed by atoms with Crippen molar-refractivity contribution < 1.29 is 0 Å². The molecular formula is C13H14N2. The molecule has 3 rings (SSSR count). The second kappa shape index (κ2) is 3.24. The van der Waals surface area contributed by atoms with Crippen LogP contribution in [0.5, 0.6) is 0 Å². The Labute approximate surface area is 89.9 Å². The third-order valence-electron chi connectivity index (χ3n) is 3.12. The Hall–Kier alpha value is -1.54. The first-order valence-electron chi connectivity index (χ1n) is 5.35. The average molecular weight is 198 g/mol. The molecule has 0 radical (unpaired) electrons. The lowest BCUT2D eigenvalue weighted by atomic mass is 10.0. The molecule has 2 atom stereocenters. The van der Waals surface area contributed by atoms with Crippen LogP contribution in [0.1, 0.15) is 12.5 Å². The standard InChI is InChI=1S/C13H14N2/c1-10-12-8-5-9-15(10)14-13(12)11-6-3-2-4-7-11/h2-8,10,14H,9H2,1H3. The molecule has 15 heavy (non-hydrogen) atoms. The van der Waals surface area contributed by atoms with Crippen LogP contribution in [0.3, 0.4) is 0 Å². The number of hydrazine groups is 1. The SMILES string of the molecule is CC1C2=C(c3ccccc3)NN1CC=C2. The van der Waals surface area contributed by atoms with Gasteiger partial charge in [-0.1, -0.05) is 42.5 Å². The minimum Gasteiger partial charge on any atom is -0.317 e. The maximum absolute atomic E-state index is 3.47. The molecule has 2 bridgehead atoms. The molecule has 2 heterocycles. The van der Waals surface area contributed by atoms with Gasteiger partial charge in [-0.05, 0) is 18.1 Å². The number of hydrogen-bond acceptors (Lipinski definition) is 2. The molecule has 2 unspecified atom stereocenters. The van der Waals surface area contributed by atoms with E-state index >= 15 is 0 Å². The zero-order valence-corrected chi connectivity index (χ0v) is 8.77. The van der Waals surface area contributed by atoms with Crippen molar-refractivity contribution in [1.29, 1.82) is 0 Å². The van der Waals surface area contributed by atoms with E-state index in [-0.39, 0.29) is 0 Å². The minimum atomic E-state index is 0.491. The molecule has 2 heteroatoms. The summed E-state index contributed by atoms with van der Waals surface area (Å²) in [4.78, 5) is 0. The van der Waals surface area contributed by atoms with Crippen LogP contribution in [0.15, 0.2) is 48.1 Å². The van der Waals surface area contributed by atoms with Gasteiger partial charge >= 0.3 is 0 Å². The van der Waals surface area contributed by atoms with Gasteiger partial charge in [0.1, 0.15) is 0 Å². The zero-order valence-electron chi connectivity index (χ0n) is 8.77. The fourth-order valence-corrected chi connectivity index (χ4v) is 2.24. The fourth-order valence-electron chi connectivity index (χ4n) is 2.24. The Morgan fingerprint density at radius 3 is 2.80 bits per heavy atom. The molecule has 2 aliphatic heterocycles. The van der Waals surface area contributed by atoms with Gasteiger partial charge in [0, 0.05) is 6.54 Å². The molecule has 2 nitrogen and oxygen atoms in total. The van der Waals surface area contributed by atoms with Crippen molar-refractivity contribution in [2.75, 3.05) is 6.54 Å². The van der Waals surface area contributed by atoms with Gasteiger partial charge in [0.25, 0.3) is 0 Å². The van der Waals surface area contributed by atoms with Gasteiger partial charge in [0.05, 0.1) is 11.7 Å². The maximum Gasteiger partial charge on any atom is 0.0611 e. The van der Waals surface area contributed by atoms with E-state index in [9.17, 15) is 0 Å². The van der Waals surface area contributed by atoms with Gasteiger partial charge in [-0.3, -0.25) is 0 Å². The van der Waals surface area contributed by atoms with Gasteiger partial charge in [-0.2, -0.15) is 0 Å². The second-order valence-electron chi connectivity index (χ2n) is 4.04. The van der Waals surface area contributed by atoms with E-state index in [0.29, 0.717) is 6.04 Å². The van der Waals surface area contributed by atoms with Crippen LogP contribution in [0, 0.1) is 0 Å². The molecule has 0 saturated carbocycles. The van der Waals surface area contributed by atoms with Crippen LogP contribution in [-0.2, 0) is 0 Å². The molecule has 1 aromatic carbocycles. The van der Waals surface area contributed by atoms with Gasteiger partial charge in [-0.25, -0.2) is 5.01 Å². The van der Waals surface area contributed by atoms with E-state index in [2.05, 4.69) is 59.8 Å². The van der Waals surface area contributed by atoms with E-state index in [4.69, 9.17) is 0 Å². The van der Waals surface area contributed by atoms with Crippen molar-refractivity contribution in [2.45, 2.75) is 13.0 Å². The highest BCUT2D eigenvalue weighted by Gasteiger charge is 2.29. The number of nitrogens with zero attached hydrogens (tertiary/aromatic N) is 1. The molecular weight excluding hydrogens is 184 g/mol. The van der Waals surface area contributed by atoms with Gasteiger partial charge < -0.3 is 5.43 Å². The van der Waals surface area contributed by atoms with Gasteiger partial charge in [-0.15, -0.1) is 0 Å². The van der Waals surface area contributed by atoms with Crippen molar-refractivity contribution >= 4 is 5.70 Å². The van der Waals surface area contributed by atoms with Crippen molar-refractivity contribution in [3.63, 3.8) is 0 Å². The molecule has 0 fully saturated rings. The molecule has 1 aromatic rings. The van der Waals surface area contributed by atoms with Crippen LogP contribution in [0.4, 0.5) is 0 Å². The highest BCUT2D eigenvalue weighted by atomic mass is 15.5. The highest BCUT2D eigenvalue weighted by molar-refractivity contribution is 5.72. The normalized spacial score (nSPS) is 28.1. The van der Waals surface area contributed by atoms with E-state index in [1.54, 1.807) is 0 Å². The first kappa shape index (κ1) is 8.74. The van der Waals surface area contributed by atoms with Crippen molar-refractivity contribution in [3.05, 3.63) is 53.6 Å². The molecule has 1 N–H and O–H groups in total. The molecule has 0 amide bonds. The second-order valence-corrected chi connectivity index (χ2v) is 4.04. The minimum absolute atomic E-state index is 0.491. The van der Waals surface area contributed by atoms with Gasteiger partial charge in [0.15, 0.2) is 0 Å². The summed E-state index contributed by atoms with van der Waals surface area (Å²) in [5.41, 5.74) is 7.40. The Balaban J connectivity index is 2.08. The topological polar surface area (TPSA) is 15.3 Å². The molecule has 76 valence electrons. The van der Waals surface area contributed by atoms with Crippen LogP contribution in [-0.4, -0.2) is 17.6 Å². The lowest BCUT2D eigenvalue weighted by Gasteiger charge is -2.23. The molecule has 0 aromatic heterocycles. The molecule has 0 saturated heterocycles. The predicted molar refractivity (Wildman–Crippen MR) is 61.8 cm³/mol. The number of hydrogen-bond donors (Lipinski definition) is 1. The smallest absolute Gasteiger partial charge is 0.0611 e. The highest BCUT2D eigenvalue weighted by Crippen LogP contribution is 2.30. The van der Waals surface area contributed by atoms with E-state index in [1.807, 2.05) is 0 Å². The summed E-state index contributed by atoms with van der Waals surface area (Å²) in [7, 11) is 0. The van der Waals surface area contributed by atoms with E-state index in [1.165, 1.54) is 16.8 Å². The Morgan fingerprint density at radius 1 is 1.27 bits per heavy atom. The van der Waals surface area contributed by atoms with Crippen LogP contribution < -0.4 is 5.43 Å². The number of rotatable bonds is 1. The fraction of sp³-hybridized carbons (Fsp3) is 0.231. The van der Waals surface area contributed by atoms with Gasteiger partial charge in [0.2, 0.25) is 0 Å². The third-order valence-corrected chi connectivity index (χ3v) is 3.12. The first-order chi connectivity index (χ1) is 7.36. The first-order valence-corrected chi connectivity index (χ1v) is 5.35. The summed E-state index contributed by atoms with van der Waals surface area (Å²) in [6, 6.07) is 11.0. The zero-order chi connectivity index (χ0) is 10.3. The Morgan fingerprint density at radius 2 is 2.07 bits per heavy atom. The van der Waals surface area contributed by atoms with Crippen molar-refractivity contribution in [1.82, 2.24) is 10.4 Å². The average Bonchev–Trinajstić information content (AvgIpc) is 2.51. The van der Waals surface area contributed by atoms with Crippen LogP contribution >= 0.6 is 0 Å². The Bertz CT molecular complexity index is 431. The number of benzene rings is 1. The summed E-state index contributed by atoms with van der Waals surface area (Å²) >= 11 is 0. The summed E-state index contributed by atoms with van der Waals surface area (Å²) in [5.74, 6) is 0. The maximum atomic E-state index is 3.47. The summed E-state index contributed by atoms with van der Waals surface area (Å²) < 4.78 is 0. The number of nitrogens with one attached hydrogen (secondary N) is 1. The van der Waals surface area contributed by atoms with Crippen LogP contribution in [0.2, 0.25) is 0 Å². The summed E-state index contributed by atoms with van der Waals surface area (Å²) in [6.07, 6.45) is 4.45. The van der Waals surface area contributed by atoms with E-state index in [0.717, 1.165) is 6.54 Å². The number of fused-ring (bicyclic) bond motifs is 2. The predicted octanol–water partition coefficient (Wildman–Crippen LogP) is 2.18. The third kappa shape index (κ3) is 1.29. The molecule has 2 aliphatic rings. The largest absolute Gasteiger partial charge is 0.317 e. The lowest BCUT2D eigenvalue weighted by Crippen LogP contribution is -2.38. The van der Waals surface area contributed by atoms with E-state index < -0.39 is 0 Å². The summed E-state index contributed by atoms with van der Waals surface area (Å²) in [6.45, 7) is 3.22. The van der Waals surface area contributed by atoms with Crippen molar-refractivity contribution in [3.8, 4) is 0 Å². The summed E-state index contributed by atoms with van der Waals surface area (Å²) in [5, 5.41) is 2.26. The molecule has 0 spiro atoms. The lowest BCUT2D eigenvalue weighted by molar-refractivity contribution is 0.232. The quantitative estimate of drug-likeness (QED) is 0.744. The van der Waals surface area contributed by atoms with Crippen molar-refractivity contribution in [2.24, 2.45) is 0 Å².